The number of amides is 1. The van der Waals surface area contributed by atoms with Crippen molar-refractivity contribution in [3.63, 3.8) is 0 Å². The summed E-state index contributed by atoms with van der Waals surface area (Å²) in [4.78, 5) is 23.4. The van der Waals surface area contributed by atoms with Gasteiger partial charge in [0.25, 0.3) is 5.91 Å². The summed E-state index contributed by atoms with van der Waals surface area (Å²) in [5, 5.41) is 14.0. The third kappa shape index (κ3) is 4.70. The lowest BCUT2D eigenvalue weighted by atomic mass is 10.2. The Bertz CT molecular complexity index is 702. The summed E-state index contributed by atoms with van der Waals surface area (Å²) >= 11 is 0. The molecule has 0 aliphatic carbocycles. The highest BCUT2D eigenvalue weighted by Crippen LogP contribution is 2.12. The first-order valence-corrected chi connectivity index (χ1v) is 6.85. The van der Waals surface area contributed by atoms with Gasteiger partial charge in [0.15, 0.2) is 12.8 Å². The first kappa shape index (κ1) is 16.3. The van der Waals surface area contributed by atoms with Crippen molar-refractivity contribution in [1.29, 1.82) is 0 Å². The van der Waals surface area contributed by atoms with Crippen LogP contribution in [0.2, 0.25) is 0 Å². The Hall–Kier alpha value is -3.09. The number of rotatable bonds is 6. The summed E-state index contributed by atoms with van der Waals surface area (Å²) in [6.07, 6.45) is 1.18. The monoisotopic (exact) mass is 316 g/mol. The van der Waals surface area contributed by atoms with Gasteiger partial charge >= 0.3 is 11.7 Å². The fourth-order valence-electron chi connectivity index (χ4n) is 1.83. The summed E-state index contributed by atoms with van der Waals surface area (Å²) in [5.41, 5.74) is 0.678. The molecule has 7 nitrogen and oxygen atoms in total. The number of aromatic nitrogens is 1. The van der Waals surface area contributed by atoms with Crippen molar-refractivity contribution < 1.29 is 23.8 Å². The zero-order valence-electron chi connectivity index (χ0n) is 12.5. The Labute approximate surface area is 133 Å². The normalized spacial score (nSPS) is 9.96. The predicted molar refractivity (Wildman–Crippen MR) is 80.5 cm³/mol. The summed E-state index contributed by atoms with van der Waals surface area (Å²) in [6.45, 7) is -0.182. The van der Waals surface area contributed by atoms with Crippen LogP contribution in [0.5, 0.6) is 5.75 Å². The number of nitrogens with one attached hydrogen (secondary N) is 1. The lowest BCUT2D eigenvalue weighted by molar-refractivity contribution is -0.608. The summed E-state index contributed by atoms with van der Waals surface area (Å²) in [6, 6.07) is 11.6. The number of carbonyl (C=O) groups is 2. The molecule has 120 valence electrons. The zero-order valence-corrected chi connectivity index (χ0v) is 12.5. The van der Waals surface area contributed by atoms with Gasteiger partial charge in [0.2, 0.25) is 0 Å². The molecule has 0 bridgehead atoms. The van der Waals surface area contributed by atoms with Crippen molar-refractivity contribution in [3.05, 3.63) is 65.1 Å². The number of methoxy groups -OCH3 is 1. The molecule has 2 aromatic rings. The van der Waals surface area contributed by atoms with Crippen LogP contribution < -0.4 is 14.8 Å². The average Bonchev–Trinajstić information content (AvgIpc) is 2.58. The average molecular weight is 316 g/mol. The molecule has 0 aliphatic heterocycles. The Kier molecular flexibility index (Phi) is 5.51. The van der Waals surface area contributed by atoms with Gasteiger partial charge in [-0.2, -0.15) is 4.73 Å². The van der Waals surface area contributed by atoms with Gasteiger partial charge in [-0.05, 0) is 23.8 Å². The largest absolute Gasteiger partial charge is 0.618 e. The van der Waals surface area contributed by atoms with E-state index in [9.17, 15) is 14.8 Å². The second-order valence-electron chi connectivity index (χ2n) is 4.62. The van der Waals surface area contributed by atoms with Gasteiger partial charge in [0.1, 0.15) is 5.75 Å². The summed E-state index contributed by atoms with van der Waals surface area (Å²) in [7, 11) is 1.56. The molecule has 0 radical (unpaired) electrons. The third-order valence-corrected chi connectivity index (χ3v) is 2.99. The highest BCUT2D eigenvalue weighted by Gasteiger charge is 2.17. The van der Waals surface area contributed by atoms with Crippen LogP contribution in [0, 0.1) is 5.21 Å². The van der Waals surface area contributed by atoms with E-state index < -0.39 is 18.5 Å². The Balaban J connectivity index is 1.81. The molecule has 2 rings (SSSR count). The Morgan fingerprint density at radius 2 is 2.04 bits per heavy atom. The first-order valence-electron chi connectivity index (χ1n) is 6.85. The van der Waals surface area contributed by atoms with Gasteiger partial charge in [0, 0.05) is 18.7 Å². The number of hydrogen-bond donors (Lipinski definition) is 1. The Morgan fingerprint density at radius 1 is 1.22 bits per heavy atom. The molecule has 0 aliphatic rings. The fraction of sp³-hybridized carbons (Fsp3) is 0.188. The number of ether oxygens (including phenoxy) is 2. The maximum atomic E-state index is 11.7. The molecule has 1 aromatic heterocycles. The molecule has 1 amide bonds. The van der Waals surface area contributed by atoms with E-state index in [0.717, 1.165) is 5.56 Å². The predicted octanol–water partition coefficient (Wildman–Crippen LogP) is 0.802. The third-order valence-electron chi connectivity index (χ3n) is 2.99. The quantitative estimate of drug-likeness (QED) is 0.483. The molecule has 7 heteroatoms. The molecule has 0 atom stereocenters. The van der Waals surface area contributed by atoms with E-state index in [2.05, 4.69) is 5.32 Å². The molecular weight excluding hydrogens is 300 g/mol. The van der Waals surface area contributed by atoms with E-state index in [1.165, 1.54) is 24.4 Å². The van der Waals surface area contributed by atoms with Crippen molar-refractivity contribution in [3.8, 4) is 5.75 Å². The number of esters is 1. The van der Waals surface area contributed by atoms with Gasteiger partial charge in [0.05, 0.1) is 7.11 Å². The molecule has 1 heterocycles. The highest BCUT2D eigenvalue weighted by atomic mass is 16.5. The molecule has 0 unspecified atom stereocenters. The highest BCUT2D eigenvalue weighted by molar-refractivity contribution is 5.88. The Morgan fingerprint density at radius 3 is 2.78 bits per heavy atom. The van der Waals surface area contributed by atoms with Gasteiger partial charge < -0.3 is 20.0 Å². The standard InChI is InChI=1S/C16H16N2O5/c1-22-13-6-4-5-12(9-13)10-17-15(19)11-23-16(20)14-7-2-3-8-18(14)21/h2-9H,10-11H2,1H3,(H,17,19). The molecule has 1 aromatic carbocycles. The van der Waals surface area contributed by atoms with Gasteiger partial charge in [-0.1, -0.05) is 12.1 Å². The van der Waals surface area contributed by atoms with Gasteiger partial charge in [-0.15, -0.1) is 0 Å². The molecule has 0 spiro atoms. The van der Waals surface area contributed by atoms with Gasteiger partial charge in [-0.25, -0.2) is 4.79 Å². The van der Waals surface area contributed by atoms with Crippen LogP contribution in [0.15, 0.2) is 48.7 Å². The minimum Gasteiger partial charge on any atom is -0.618 e. The van der Waals surface area contributed by atoms with Crippen LogP contribution in [0.4, 0.5) is 0 Å². The second-order valence-corrected chi connectivity index (χ2v) is 4.62. The van der Waals surface area contributed by atoms with E-state index in [-0.39, 0.29) is 12.2 Å². The summed E-state index contributed by atoms with van der Waals surface area (Å²) in [5.74, 6) is -0.626. The lowest BCUT2D eigenvalue weighted by Gasteiger charge is -2.08. The van der Waals surface area contributed by atoms with E-state index in [0.29, 0.717) is 10.5 Å². The van der Waals surface area contributed by atoms with Crippen LogP contribution in [-0.2, 0) is 16.1 Å². The molecular formula is C16H16N2O5. The van der Waals surface area contributed by atoms with Crippen LogP contribution in [0.1, 0.15) is 16.1 Å². The second kappa shape index (κ2) is 7.79. The van der Waals surface area contributed by atoms with Crippen molar-refractivity contribution >= 4 is 11.9 Å². The zero-order chi connectivity index (χ0) is 16.7. The number of benzene rings is 1. The van der Waals surface area contributed by atoms with E-state index >= 15 is 0 Å². The molecule has 0 saturated heterocycles. The number of hydrogen-bond acceptors (Lipinski definition) is 5. The summed E-state index contributed by atoms with van der Waals surface area (Å²) < 4.78 is 10.3. The molecule has 1 N–H and O–H groups in total. The number of nitrogens with zero attached hydrogens (tertiary/aromatic N) is 1. The molecule has 0 saturated carbocycles. The maximum absolute atomic E-state index is 11.7. The van der Waals surface area contributed by atoms with Crippen LogP contribution in [-0.4, -0.2) is 25.6 Å². The van der Waals surface area contributed by atoms with E-state index in [1.807, 2.05) is 12.1 Å². The fourth-order valence-corrected chi connectivity index (χ4v) is 1.83. The first-order chi connectivity index (χ1) is 11.1. The van der Waals surface area contributed by atoms with Crippen LogP contribution in [0.25, 0.3) is 0 Å². The van der Waals surface area contributed by atoms with Crippen molar-refractivity contribution in [2.75, 3.05) is 13.7 Å². The molecule has 0 fully saturated rings. The minimum atomic E-state index is -0.850. The lowest BCUT2D eigenvalue weighted by Crippen LogP contribution is -2.36. The maximum Gasteiger partial charge on any atom is 0.405 e. The topological polar surface area (TPSA) is 91.6 Å². The minimum absolute atomic E-state index is 0.173. The smallest absolute Gasteiger partial charge is 0.405 e. The van der Waals surface area contributed by atoms with E-state index in [4.69, 9.17) is 9.47 Å². The van der Waals surface area contributed by atoms with Gasteiger partial charge in [-0.3, -0.25) is 4.79 Å². The van der Waals surface area contributed by atoms with Crippen LogP contribution in [0.3, 0.4) is 0 Å². The molecule has 23 heavy (non-hydrogen) atoms. The van der Waals surface area contributed by atoms with Crippen molar-refractivity contribution in [1.82, 2.24) is 5.32 Å². The van der Waals surface area contributed by atoms with Crippen molar-refractivity contribution in [2.45, 2.75) is 6.54 Å². The van der Waals surface area contributed by atoms with Crippen molar-refractivity contribution in [2.24, 2.45) is 0 Å². The number of pyridine rings is 1. The number of carbonyl (C=O) groups excluding carboxylic acids is 2. The van der Waals surface area contributed by atoms with Crippen LogP contribution >= 0.6 is 0 Å². The SMILES string of the molecule is COc1cccc(CNC(=O)COC(=O)c2cccc[n+]2[O-])c1. The van der Waals surface area contributed by atoms with E-state index in [1.54, 1.807) is 19.2 Å².